The number of ether oxygens (including phenoxy) is 2. The van der Waals surface area contributed by atoms with E-state index in [1.165, 1.54) is 0 Å². The Labute approximate surface area is 144 Å². The van der Waals surface area contributed by atoms with Crippen LogP contribution in [0.4, 0.5) is 0 Å². The summed E-state index contributed by atoms with van der Waals surface area (Å²) in [5.74, 6) is -1.10. The van der Waals surface area contributed by atoms with Gasteiger partial charge in [0.2, 0.25) is 0 Å². The highest BCUT2D eigenvalue weighted by Crippen LogP contribution is 2.13. The van der Waals surface area contributed by atoms with Gasteiger partial charge in [0.25, 0.3) is 0 Å². The smallest absolute Gasteiger partial charge is 0.334 e. The van der Waals surface area contributed by atoms with Crippen molar-refractivity contribution in [3.63, 3.8) is 0 Å². The lowest BCUT2D eigenvalue weighted by Gasteiger charge is -2.26. The Bertz CT molecular complexity index is 416. The molecule has 0 aliphatic carbocycles. The van der Waals surface area contributed by atoms with E-state index in [1.807, 2.05) is 0 Å². The van der Waals surface area contributed by atoms with Gasteiger partial charge in [0.15, 0.2) is 0 Å². The topological polar surface area (TPSA) is 76.1 Å². The minimum atomic E-state index is -1.10. The average molecular weight is 341 g/mol. The van der Waals surface area contributed by atoms with Crippen molar-refractivity contribution in [2.75, 3.05) is 39.5 Å². The van der Waals surface area contributed by atoms with Crippen molar-refractivity contribution >= 4 is 11.9 Å². The highest BCUT2D eigenvalue weighted by Gasteiger charge is 2.14. The predicted octanol–water partition coefficient (Wildman–Crippen LogP) is 2.48. The summed E-state index contributed by atoms with van der Waals surface area (Å²) in [7, 11) is 0. The monoisotopic (exact) mass is 341 g/mol. The average Bonchev–Trinajstić information content (AvgIpc) is 2.57. The molecule has 0 aromatic carbocycles. The number of aliphatic carboxylic acids is 1. The molecule has 1 heterocycles. The quantitative estimate of drug-likeness (QED) is 0.353. The molecule has 24 heavy (non-hydrogen) atoms. The fraction of sp³-hybridized carbons (Fsp3) is 0.778. The zero-order valence-electron chi connectivity index (χ0n) is 15.0. The number of morpholine rings is 1. The van der Waals surface area contributed by atoms with E-state index in [1.54, 1.807) is 0 Å². The van der Waals surface area contributed by atoms with Gasteiger partial charge in [-0.2, -0.15) is 0 Å². The first-order valence-corrected chi connectivity index (χ1v) is 8.93. The SMILES string of the molecule is CCC(C)CCOC(=O)/C(=C/C(=O)O)CCCCN1CCOCC1. The van der Waals surface area contributed by atoms with Crippen molar-refractivity contribution in [2.24, 2.45) is 5.92 Å². The van der Waals surface area contributed by atoms with Gasteiger partial charge in [0, 0.05) is 24.7 Å². The molecule has 0 amide bonds. The van der Waals surface area contributed by atoms with Crippen molar-refractivity contribution in [2.45, 2.75) is 46.0 Å². The van der Waals surface area contributed by atoms with Gasteiger partial charge in [-0.15, -0.1) is 0 Å². The third-order valence-electron chi connectivity index (χ3n) is 4.37. The van der Waals surface area contributed by atoms with Crippen LogP contribution in [0.2, 0.25) is 0 Å². The number of nitrogens with zero attached hydrogens (tertiary/aromatic N) is 1. The fourth-order valence-corrected chi connectivity index (χ4v) is 2.51. The zero-order chi connectivity index (χ0) is 17.8. The summed E-state index contributed by atoms with van der Waals surface area (Å²) >= 11 is 0. The molecule has 0 saturated carbocycles. The molecule has 138 valence electrons. The standard InChI is InChI=1S/C18H31NO5/c1-3-15(2)7-11-24-18(22)16(14-17(20)21)6-4-5-8-19-9-12-23-13-10-19/h14-15H,3-13H2,1-2H3,(H,20,21)/b16-14+. The van der Waals surface area contributed by atoms with Gasteiger partial charge in [-0.1, -0.05) is 20.3 Å². The molecule has 0 radical (unpaired) electrons. The Balaban J connectivity index is 2.33. The number of carbonyl (C=O) groups is 2. The molecule has 1 fully saturated rings. The molecule has 1 atom stereocenters. The summed E-state index contributed by atoms with van der Waals surface area (Å²) in [5, 5.41) is 8.94. The summed E-state index contributed by atoms with van der Waals surface area (Å²) < 4.78 is 10.5. The van der Waals surface area contributed by atoms with Gasteiger partial charge in [0.1, 0.15) is 0 Å². The predicted molar refractivity (Wildman–Crippen MR) is 91.9 cm³/mol. The van der Waals surface area contributed by atoms with Crippen molar-refractivity contribution < 1.29 is 24.2 Å². The number of carboxylic acid groups (broad SMARTS) is 1. The molecule has 1 rings (SSSR count). The minimum Gasteiger partial charge on any atom is -0.478 e. The van der Waals surface area contributed by atoms with Gasteiger partial charge in [0.05, 0.1) is 19.8 Å². The Hall–Kier alpha value is -1.40. The Morgan fingerprint density at radius 3 is 2.62 bits per heavy atom. The van der Waals surface area contributed by atoms with Gasteiger partial charge < -0.3 is 14.6 Å². The van der Waals surface area contributed by atoms with Gasteiger partial charge in [-0.25, -0.2) is 9.59 Å². The molecule has 1 saturated heterocycles. The van der Waals surface area contributed by atoms with Gasteiger partial charge in [-0.3, -0.25) is 4.90 Å². The Morgan fingerprint density at radius 1 is 1.29 bits per heavy atom. The number of carbonyl (C=O) groups excluding carboxylic acids is 1. The molecule has 1 unspecified atom stereocenters. The van der Waals surface area contributed by atoms with Crippen molar-refractivity contribution in [3.05, 3.63) is 11.6 Å². The number of hydrogen-bond acceptors (Lipinski definition) is 5. The first-order chi connectivity index (χ1) is 11.5. The van der Waals surface area contributed by atoms with E-state index in [2.05, 4.69) is 18.7 Å². The number of unbranched alkanes of at least 4 members (excludes halogenated alkanes) is 1. The van der Waals surface area contributed by atoms with E-state index in [0.717, 1.165) is 64.6 Å². The van der Waals surface area contributed by atoms with Crippen LogP contribution in [0.25, 0.3) is 0 Å². The molecule has 6 heteroatoms. The van der Waals surface area contributed by atoms with Crippen LogP contribution in [0.3, 0.4) is 0 Å². The second kappa shape index (κ2) is 12.0. The third kappa shape index (κ3) is 9.03. The molecular formula is C18H31NO5. The van der Waals surface area contributed by atoms with E-state index in [0.29, 0.717) is 18.9 Å². The summed E-state index contributed by atoms with van der Waals surface area (Å²) in [6.45, 7) is 8.92. The van der Waals surface area contributed by atoms with Crippen LogP contribution in [0.1, 0.15) is 46.0 Å². The lowest BCUT2D eigenvalue weighted by molar-refractivity contribution is -0.140. The normalized spacial score (nSPS) is 17.5. The van der Waals surface area contributed by atoms with E-state index < -0.39 is 11.9 Å². The fourth-order valence-electron chi connectivity index (χ4n) is 2.51. The molecule has 0 aromatic heterocycles. The summed E-state index contributed by atoms with van der Waals surface area (Å²) in [6, 6.07) is 0. The molecule has 0 bridgehead atoms. The van der Waals surface area contributed by atoms with Crippen molar-refractivity contribution in [1.82, 2.24) is 4.90 Å². The number of esters is 1. The van der Waals surface area contributed by atoms with Crippen LogP contribution in [0.5, 0.6) is 0 Å². The highest BCUT2D eigenvalue weighted by atomic mass is 16.5. The lowest BCUT2D eigenvalue weighted by Crippen LogP contribution is -2.36. The van der Waals surface area contributed by atoms with E-state index in [9.17, 15) is 9.59 Å². The number of carboxylic acids is 1. The van der Waals surface area contributed by atoms with Gasteiger partial charge >= 0.3 is 11.9 Å². The molecule has 0 aromatic rings. The Kier molecular flexibility index (Phi) is 10.4. The zero-order valence-corrected chi connectivity index (χ0v) is 15.0. The van der Waals surface area contributed by atoms with Crippen LogP contribution in [-0.2, 0) is 19.1 Å². The first-order valence-electron chi connectivity index (χ1n) is 8.93. The highest BCUT2D eigenvalue weighted by molar-refractivity contribution is 5.95. The maximum Gasteiger partial charge on any atom is 0.334 e. The maximum atomic E-state index is 12.1. The van der Waals surface area contributed by atoms with E-state index >= 15 is 0 Å². The molecule has 1 N–H and O–H groups in total. The van der Waals surface area contributed by atoms with Crippen LogP contribution >= 0.6 is 0 Å². The number of hydrogen-bond donors (Lipinski definition) is 1. The summed E-state index contributed by atoms with van der Waals surface area (Å²) in [4.78, 5) is 25.3. The van der Waals surface area contributed by atoms with E-state index in [-0.39, 0.29) is 5.57 Å². The lowest BCUT2D eigenvalue weighted by atomic mass is 10.1. The maximum absolute atomic E-state index is 12.1. The number of rotatable bonds is 11. The van der Waals surface area contributed by atoms with Crippen LogP contribution in [0, 0.1) is 5.92 Å². The molecular weight excluding hydrogens is 310 g/mol. The second-order valence-corrected chi connectivity index (χ2v) is 6.36. The molecule has 1 aliphatic heterocycles. The van der Waals surface area contributed by atoms with E-state index in [4.69, 9.17) is 14.6 Å². The Morgan fingerprint density at radius 2 is 2.00 bits per heavy atom. The van der Waals surface area contributed by atoms with Crippen molar-refractivity contribution in [1.29, 1.82) is 0 Å². The third-order valence-corrected chi connectivity index (χ3v) is 4.37. The van der Waals surface area contributed by atoms with Crippen LogP contribution < -0.4 is 0 Å². The van der Waals surface area contributed by atoms with Gasteiger partial charge in [-0.05, 0) is 38.1 Å². The largest absolute Gasteiger partial charge is 0.478 e. The first kappa shape index (κ1) is 20.6. The molecule has 6 nitrogen and oxygen atoms in total. The summed E-state index contributed by atoms with van der Waals surface area (Å²) in [6.07, 6.45) is 4.98. The summed E-state index contributed by atoms with van der Waals surface area (Å²) in [5.41, 5.74) is 0.258. The second-order valence-electron chi connectivity index (χ2n) is 6.36. The van der Waals surface area contributed by atoms with Crippen LogP contribution in [-0.4, -0.2) is 61.4 Å². The minimum absolute atomic E-state index is 0.258. The molecule has 0 spiro atoms. The van der Waals surface area contributed by atoms with Crippen molar-refractivity contribution in [3.8, 4) is 0 Å². The molecule has 1 aliphatic rings. The van der Waals surface area contributed by atoms with Crippen LogP contribution in [0.15, 0.2) is 11.6 Å².